The van der Waals surface area contributed by atoms with Crippen LogP contribution in [0, 0.1) is 18.3 Å². The fourth-order valence-corrected chi connectivity index (χ4v) is 1.42. The number of hydrogen-bond acceptors (Lipinski definition) is 3. The Morgan fingerprint density at radius 2 is 2.27 bits per heavy atom. The molecule has 3 nitrogen and oxygen atoms in total. The first-order valence-electron chi connectivity index (χ1n) is 4.34. The van der Waals surface area contributed by atoms with Gasteiger partial charge < -0.3 is 4.74 Å². The predicted octanol–water partition coefficient (Wildman–Crippen LogP) is 2.24. The molecule has 0 atom stereocenters. The van der Waals surface area contributed by atoms with Crippen molar-refractivity contribution in [2.24, 2.45) is 0 Å². The van der Waals surface area contributed by atoms with Gasteiger partial charge in [0.05, 0.1) is 24.1 Å². The van der Waals surface area contributed by atoms with Gasteiger partial charge in [-0.15, -0.1) is 0 Å². The van der Waals surface area contributed by atoms with E-state index in [1.807, 2.05) is 6.07 Å². The molecule has 4 heteroatoms. The van der Waals surface area contributed by atoms with Crippen molar-refractivity contribution in [1.29, 1.82) is 5.26 Å². The Bertz CT molecular complexity index is 435. The average molecular weight is 224 g/mol. The normalized spacial score (nSPS) is 9.47. The molecule has 0 aromatic heterocycles. The van der Waals surface area contributed by atoms with Crippen LogP contribution in [0.5, 0.6) is 0 Å². The first-order valence-corrected chi connectivity index (χ1v) is 4.72. The monoisotopic (exact) mass is 223 g/mol. The fourth-order valence-electron chi connectivity index (χ4n) is 1.27. The highest BCUT2D eigenvalue weighted by atomic mass is 35.5. The van der Waals surface area contributed by atoms with Gasteiger partial charge in [0.1, 0.15) is 6.07 Å². The number of aryl methyl sites for hydroxylation is 1. The molecule has 0 saturated heterocycles. The van der Waals surface area contributed by atoms with Crippen LogP contribution < -0.4 is 0 Å². The second-order valence-corrected chi connectivity index (χ2v) is 3.52. The standard InChI is InChI=1S/C11H10ClNO2/c1-7-3-8(5-10(14)15-2)4-9(6-13)11(7)12/h3-4H,5H2,1-2H3. The van der Waals surface area contributed by atoms with E-state index in [0.717, 1.165) is 11.1 Å². The highest BCUT2D eigenvalue weighted by Gasteiger charge is 2.08. The van der Waals surface area contributed by atoms with Gasteiger partial charge in [-0.3, -0.25) is 4.79 Å². The van der Waals surface area contributed by atoms with Crippen LogP contribution in [0.25, 0.3) is 0 Å². The summed E-state index contributed by atoms with van der Waals surface area (Å²) < 4.78 is 4.54. The van der Waals surface area contributed by atoms with E-state index in [1.54, 1.807) is 19.1 Å². The Hall–Kier alpha value is -1.53. The van der Waals surface area contributed by atoms with Crippen LogP contribution in [0.4, 0.5) is 0 Å². The summed E-state index contributed by atoms with van der Waals surface area (Å²) in [6, 6.07) is 5.36. The lowest BCUT2D eigenvalue weighted by Crippen LogP contribution is -2.05. The molecular formula is C11H10ClNO2. The molecule has 1 rings (SSSR count). The van der Waals surface area contributed by atoms with Gasteiger partial charge in [0.25, 0.3) is 0 Å². The van der Waals surface area contributed by atoms with Gasteiger partial charge in [-0.25, -0.2) is 0 Å². The smallest absolute Gasteiger partial charge is 0.309 e. The summed E-state index contributed by atoms with van der Waals surface area (Å²) in [6.07, 6.45) is 0.156. The van der Waals surface area contributed by atoms with Crippen LogP contribution in [0.2, 0.25) is 5.02 Å². The molecule has 0 amide bonds. The van der Waals surface area contributed by atoms with Crippen molar-refractivity contribution in [2.45, 2.75) is 13.3 Å². The Morgan fingerprint density at radius 1 is 1.60 bits per heavy atom. The first-order chi connectivity index (χ1) is 7.08. The predicted molar refractivity (Wildman–Crippen MR) is 56.6 cm³/mol. The maximum absolute atomic E-state index is 11.0. The van der Waals surface area contributed by atoms with Crippen LogP contribution in [-0.4, -0.2) is 13.1 Å². The Kier molecular flexibility index (Phi) is 3.70. The van der Waals surface area contributed by atoms with Gasteiger partial charge in [-0.05, 0) is 24.1 Å². The summed E-state index contributed by atoms with van der Waals surface area (Å²) in [5, 5.41) is 9.24. The number of hydrogen-bond donors (Lipinski definition) is 0. The van der Waals surface area contributed by atoms with Gasteiger partial charge in [-0.2, -0.15) is 5.26 Å². The summed E-state index contributed by atoms with van der Waals surface area (Å²) in [5.41, 5.74) is 1.91. The summed E-state index contributed by atoms with van der Waals surface area (Å²) in [6.45, 7) is 1.80. The van der Waals surface area contributed by atoms with E-state index in [9.17, 15) is 4.79 Å². The van der Waals surface area contributed by atoms with Gasteiger partial charge in [-0.1, -0.05) is 17.7 Å². The van der Waals surface area contributed by atoms with E-state index in [4.69, 9.17) is 16.9 Å². The van der Waals surface area contributed by atoms with Crippen LogP contribution in [0.1, 0.15) is 16.7 Å². The second kappa shape index (κ2) is 4.81. The molecule has 0 heterocycles. The Morgan fingerprint density at radius 3 is 2.80 bits per heavy atom. The molecule has 0 N–H and O–H groups in total. The zero-order chi connectivity index (χ0) is 11.4. The van der Waals surface area contributed by atoms with E-state index in [1.165, 1.54) is 7.11 Å². The zero-order valence-electron chi connectivity index (χ0n) is 8.50. The van der Waals surface area contributed by atoms with Gasteiger partial charge in [0, 0.05) is 0 Å². The number of esters is 1. The van der Waals surface area contributed by atoms with E-state index in [2.05, 4.69) is 4.74 Å². The number of nitrogens with zero attached hydrogens (tertiary/aromatic N) is 1. The summed E-state index contributed by atoms with van der Waals surface area (Å²) >= 11 is 5.90. The molecule has 15 heavy (non-hydrogen) atoms. The quantitative estimate of drug-likeness (QED) is 0.723. The number of nitriles is 1. The number of benzene rings is 1. The number of halogens is 1. The zero-order valence-corrected chi connectivity index (χ0v) is 9.26. The minimum absolute atomic E-state index is 0.156. The van der Waals surface area contributed by atoms with Crippen LogP contribution in [-0.2, 0) is 16.0 Å². The second-order valence-electron chi connectivity index (χ2n) is 3.14. The lowest BCUT2D eigenvalue weighted by molar-refractivity contribution is -0.139. The third-order valence-electron chi connectivity index (χ3n) is 2.01. The number of methoxy groups -OCH3 is 1. The van der Waals surface area contributed by atoms with Gasteiger partial charge >= 0.3 is 5.97 Å². The van der Waals surface area contributed by atoms with Crippen LogP contribution >= 0.6 is 11.6 Å². The summed E-state index contributed by atoms with van der Waals surface area (Å²) in [4.78, 5) is 11.0. The van der Waals surface area contributed by atoms with Crippen molar-refractivity contribution in [2.75, 3.05) is 7.11 Å². The molecule has 0 aliphatic carbocycles. The molecule has 1 aromatic carbocycles. The molecule has 78 valence electrons. The van der Waals surface area contributed by atoms with Crippen molar-refractivity contribution in [3.05, 3.63) is 33.8 Å². The molecule has 0 fully saturated rings. The average Bonchev–Trinajstić information content (AvgIpc) is 2.22. The fraction of sp³-hybridized carbons (Fsp3) is 0.273. The first kappa shape index (κ1) is 11.5. The molecule has 0 radical (unpaired) electrons. The van der Waals surface area contributed by atoms with Crippen molar-refractivity contribution < 1.29 is 9.53 Å². The highest BCUT2D eigenvalue weighted by Crippen LogP contribution is 2.22. The number of carbonyl (C=O) groups excluding carboxylic acids is 1. The third-order valence-corrected chi connectivity index (χ3v) is 2.51. The largest absolute Gasteiger partial charge is 0.469 e. The van der Waals surface area contributed by atoms with Gasteiger partial charge in [0.2, 0.25) is 0 Å². The number of carbonyl (C=O) groups is 1. The molecule has 1 aromatic rings. The molecule has 0 saturated carbocycles. The van der Waals surface area contributed by atoms with Crippen molar-refractivity contribution >= 4 is 17.6 Å². The van der Waals surface area contributed by atoms with E-state index < -0.39 is 0 Å². The van der Waals surface area contributed by atoms with Crippen molar-refractivity contribution in [3.63, 3.8) is 0 Å². The van der Waals surface area contributed by atoms with E-state index >= 15 is 0 Å². The van der Waals surface area contributed by atoms with Gasteiger partial charge in [0.15, 0.2) is 0 Å². The SMILES string of the molecule is COC(=O)Cc1cc(C)c(Cl)c(C#N)c1. The molecule has 0 aliphatic heterocycles. The van der Waals surface area contributed by atoms with Crippen molar-refractivity contribution in [1.82, 2.24) is 0 Å². The van der Waals surface area contributed by atoms with Crippen LogP contribution in [0.3, 0.4) is 0 Å². The number of rotatable bonds is 2. The van der Waals surface area contributed by atoms with Crippen molar-refractivity contribution in [3.8, 4) is 6.07 Å². The minimum Gasteiger partial charge on any atom is -0.469 e. The highest BCUT2D eigenvalue weighted by molar-refractivity contribution is 6.32. The summed E-state index contributed by atoms with van der Waals surface area (Å²) in [7, 11) is 1.33. The summed E-state index contributed by atoms with van der Waals surface area (Å²) in [5.74, 6) is -0.333. The molecular weight excluding hydrogens is 214 g/mol. The molecule has 0 aliphatic rings. The molecule has 0 spiro atoms. The maximum Gasteiger partial charge on any atom is 0.309 e. The lowest BCUT2D eigenvalue weighted by atomic mass is 10.0. The number of ether oxygens (including phenoxy) is 1. The third kappa shape index (κ3) is 2.71. The van der Waals surface area contributed by atoms with E-state index in [-0.39, 0.29) is 12.4 Å². The lowest BCUT2D eigenvalue weighted by Gasteiger charge is -2.05. The van der Waals surface area contributed by atoms with E-state index in [0.29, 0.717) is 10.6 Å². The Labute approximate surface area is 93.2 Å². The van der Waals surface area contributed by atoms with Crippen LogP contribution in [0.15, 0.2) is 12.1 Å². The topological polar surface area (TPSA) is 50.1 Å². The maximum atomic E-state index is 11.0. The Balaban J connectivity index is 3.07. The minimum atomic E-state index is -0.333. The molecule has 0 bridgehead atoms. The molecule has 0 unspecified atom stereocenters.